The quantitative estimate of drug-likeness (QED) is 0.768. The first-order chi connectivity index (χ1) is 11.9. The lowest BCUT2D eigenvalue weighted by Crippen LogP contribution is -2.59. The fourth-order valence-electron chi connectivity index (χ4n) is 4.23. The third kappa shape index (κ3) is 5.37. The fourth-order valence-corrected chi connectivity index (χ4v) is 4.23. The Morgan fingerprint density at radius 3 is 2.63 bits per heavy atom. The van der Waals surface area contributed by atoms with Gasteiger partial charge in [-0.05, 0) is 71.1 Å². The van der Waals surface area contributed by atoms with Crippen molar-refractivity contribution in [1.29, 1.82) is 0 Å². The number of nitrogens with zero attached hydrogens (tertiary/aromatic N) is 3. The zero-order valence-corrected chi connectivity index (χ0v) is 18.4. The average Bonchev–Trinajstić information content (AvgIpc) is 3.15. The maximum atomic E-state index is 13.2. The normalized spacial score (nSPS) is 23.0. The Morgan fingerprint density at radius 1 is 1.33 bits per heavy atom. The van der Waals surface area contributed by atoms with E-state index in [2.05, 4.69) is 41.4 Å². The van der Waals surface area contributed by atoms with Crippen molar-refractivity contribution in [2.45, 2.75) is 57.5 Å². The number of hydrogen-bond acceptors (Lipinski definition) is 4. The van der Waals surface area contributed by atoms with Crippen LogP contribution in [0.25, 0.3) is 0 Å². The summed E-state index contributed by atoms with van der Waals surface area (Å²) in [6.45, 7) is 11.4. The van der Waals surface area contributed by atoms with Gasteiger partial charge >= 0.3 is 0 Å². The molecule has 2 fully saturated rings. The number of rotatable bonds is 5. The lowest BCUT2D eigenvalue weighted by molar-refractivity contribution is -0.132. The van der Waals surface area contributed by atoms with Crippen molar-refractivity contribution in [2.24, 2.45) is 5.92 Å². The molecule has 2 N–H and O–H groups in total. The first kappa shape index (κ1) is 24.2. The largest absolute Gasteiger partial charge is 0.352 e. The van der Waals surface area contributed by atoms with Crippen LogP contribution in [-0.2, 0) is 10.3 Å². The minimum absolute atomic E-state index is 0. The van der Waals surface area contributed by atoms with Gasteiger partial charge in [0.05, 0.1) is 0 Å². The van der Waals surface area contributed by atoms with Crippen molar-refractivity contribution in [3.05, 3.63) is 18.5 Å². The van der Waals surface area contributed by atoms with Gasteiger partial charge in [-0.2, -0.15) is 5.10 Å². The second kappa shape index (κ2) is 10.1. The van der Waals surface area contributed by atoms with Gasteiger partial charge in [0.25, 0.3) is 0 Å². The molecule has 0 radical (unpaired) electrons. The molecule has 27 heavy (non-hydrogen) atoms. The smallest absolute Gasteiger partial charge is 0.248 e. The minimum atomic E-state index is -0.556. The number of aromatic nitrogens is 2. The molecule has 2 aliphatic rings. The van der Waals surface area contributed by atoms with Crippen molar-refractivity contribution in [1.82, 2.24) is 25.3 Å². The van der Waals surface area contributed by atoms with Crippen LogP contribution in [0, 0.1) is 5.92 Å². The molecule has 0 aromatic carbocycles. The van der Waals surface area contributed by atoms with E-state index in [1.807, 2.05) is 16.9 Å². The van der Waals surface area contributed by atoms with Gasteiger partial charge in [-0.15, -0.1) is 24.8 Å². The highest BCUT2D eigenvalue weighted by atomic mass is 35.5. The lowest BCUT2D eigenvalue weighted by Gasteiger charge is -2.44. The van der Waals surface area contributed by atoms with Crippen LogP contribution in [0.2, 0.25) is 0 Å². The SMILES string of the molecule is CC1CCCN(C(C)(C)CNC(=O)C2(n3cccn3)CCNCC2)C1.Cl.Cl. The van der Waals surface area contributed by atoms with E-state index in [-0.39, 0.29) is 36.3 Å². The highest BCUT2D eigenvalue weighted by Gasteiger charge is 2.42. The van der Waals surface area contributed by atoms with E-state index in [1.165, 1.54) is 12.8 Å². The number of carbonyl (C=O) groups is 1. The van der Waals surface area contributed by atoms with E-state index in [1.54, 1.807) is 6.20 Å². The Kier molecular flexibility index (Phi) is 9.06. The van der Waals surface area contributed by atoms with Crippen LogP contribution in [0.1, 0.15) is 46.5 Å². The Morgan fingerprint density at radius 2 is 2.04 bits per heavy atom. The number of nitrogens with one attached hydrogen (secondary N) is 2. The predicted molar refractivity (Wildman–Crippen MR) is 114 cm³/mol. The fraction of sp³-hybridized carbons (Fsp3) is 0.789. The molecule has 0 saturated carbocycles. The van der Waals surface area contributed by atoms with Gasteiger partial charge in [0, 0.05) is 31.0 Å². The topological polar surface area (TPSA) is 62.2 Å². The summed E-state index contributed by atoms with van der Waals surface area (Å²) in [4.78, 5) is 15.7. The molecular formula is C19H35Cl2N5O. The van der Waals surface area contributed by atoms with Crippen LogP contribution >= 0.6 is 24.8 Å². The average molecular weight is 420 g/mol. The second-order valence-corrected chi connectivity index (χ2v) is 8.42. The second-order valence-electron chi connectivity index (χ2n) is 8.42. The molecule has 1 unspecified atom stereocenters. The third-order valence-corrected chi connectivity index (χ3v) is 5.99. The number of piperidine rings is 2. The molecule has 0 spiro atoms. The Hall–Kier alpha value is -0.820. The molecule has 2 aliphatic heterocycles. The summed E-state index contributed by atoms with van der Waals surface area (Å²) in [5, 5.41) is 11.0. The molecule has 3 heterocycles. The third-order valence-electron chi connectivity index (χ3n) is 5.99. The number of amides is 1. The van der Waals surface area contributed by atoms with Crippen LogP contribution in [-0.4, -0.2) is 58.9 Å². The highest BCUT2D eigenvalue weighted by Crippen LogP contribution is 2.28. The van der Waals surface area contributed by atoms with Crippen molar-refractivity contribution < 1.29 is 4.79 Å². The zero-order chi connectivity index (χ0) is 17.9. The maximum Gasteiger partial charge on any atom is 0.248 e. The molecule has 1 aromatic rings. The molecule has 156 valence electrons. The Labute approximate surface area is 175 Å². The Bertz CT molecular complexity index is 573. The van der Waals surface area contributed by atoms with Crippen LogP contribution < -0.4 is 10.6 Å². The summed E-state index contributed by atoms with van der Waals surface area (Å²) in [6, 6.07) is 1.90. The lowest BCUT2D eigenvalue weighted by atomic mass is 9.87. The Balaban J connectivity index is 0.00000182. The first-order valence-electron chi connectivity index (χ1n) is 9.68. The van der Waals surface area contributed by atoms with E-state index in [9.17, 15) is 4.79 Å². The van der Waals surface area contributed by atoms with Gasteiger partial charge < -0.3 is 10.6 Å². The van der Waals surface area contributed by atoms with Crippen molar-refractivity contribution in [2.75, 3.05) is 32.7 Å². The van der Waals surface area contributed by atoms with Gasteiger partial charge in [-0.3, -0.25) is 14.4 Å². The molecule has 1 aromatic heterocycles. The maximum absolute atomic E-state index is 13.2. The van der Waals surface area contributed by atoms with Crippen molar-refractivity contribution in [3.8, 4) is 0 Å². The predicted octanol–water partition coefficient (Wildman–Crippen LogP) is 2.43. The minimum Gasteiger partial charge on any atom is -0.352 e. The monoisotopic (exact) mass is 419 g/mol. The highest BCUT2D eigenvalue weighted by molar-refractivity contribution is 5.85. The molecule has 8 heteroatoms. The zero-order valence-electron chi connectivity index (χ0n) is 16.7. The summed E-state index contributed by atoms with van der Waals surface area (Å²) in [7, 11) is 0. The molecule has 2 saturated heterocycles. The van der Waals surface area contributed by atoms with Gasteiger partial charge in [-0.25, -0.2) is 0 Å². The molecule has 3 rings (SSSR count). The van der Waals surface area contributed by atoms with Gasteiger partial charge in [0.2, 0.25) is 5.91 Å². The van der Waals surface area contributed by atoms with Crippen LogP contribution in [0.4, 0.5) is 0 Å². The number of likely N-dealkylation sites (tertiary alicyclic amines) is 1. The van der Waals surface area contributed by atoms with E-state index < -0.39 is 5.54 Å². The summed E-state index contributed by atoms with van der Waals surface area (Å²) < 4.78 is 1.86. The summed E-state index contributed by atoms with van der Waals surface area (Å²) >= 11 is 0. The van der Waals surface area contributed by atoms with Crippen molar-refractivity contribution in [3.63, 3.8) is 0 Å². The molecule has 0 bridgehead atoms. The van der Waals surface area contributed by atoms with Gasteiger partial charge in [-0.1, -0.05) is 6.92 Å². The van der Waals surface area contributed by atoms with Crippen LogP contribution in [0.15, 0.2) is 18.5 Å². The van der Waals surface area contributed by atoms with Crippen LogP contribution in [0.5, 0.6) is 0 Å². The van der Waals surface area contributed by atoms with E-state index in [4.69, 9.17) is 0 Å². The molecule has 1 atom stereocenters. The van der Waals surface area contributed by atoms with E-state index in [0.717, 1.165) is 44.9 Å². The number of hydrogen-bond donors (Lipinski definition) is 2. The summed E-state index contributed by atoms with van der Waals surface area (Å²) in [5.41, 5.74) is -0.581. The van der Waals surface area contributed by atoms with E-state index >= 15 is 0 Å². The number of carbonyl (C=O) groups excluding carboxylic acids is 1. The molecule has 0 aliphatic carbocycles. The molecular weight excluding hydrogens is 385 g/mol. The molecule has 1 amide bonds. The van der Waals surface area contributed by atoms with Gasteiger partial charge in [0.15, 0.2) is 0 Å². The summed E-state index contributed by atoms with van der Waals surface area (Å²) in [5.74, 6) is 0.847. The molecule has 6 nitrogen and oxygen atoms in total. The number of halogens is 2. The van der Waals surface area contributed by atoms with Crippen molar-refractivity contribution >= 4 is 30.7 Å². The van der Waals surface area contributed by atoms with Gasteiger partial charge in [0.1, 0.15) is 5.54 Å². The van der Waals surface area contributed by atoms with Crippen LogP contribution in [0.3, 0.4) is 0 Å². The standard InChI is InChI=1S/C19H33N5O.2ClH/c1-16-6-4-12-23(14-16)18(2,3)15-21-17(25)19(7-10-20-11-8-19)24-13-5-9-22-24;;/h5,9,13,16,20H,4,6-8,10-12,14-15H2,1-3H3,(H,21,25);2*1H. The first-order valence-corrected chi connectivity index (χ1v) is 9.68. The summed E-state index contributed by atoms with van der Waals surface area (Å²) in [6.07, 6.45) is 7.80. The van der Waals surface area contributed by atoms with E-state index in [0.29, 0.717) is 6.54 Å².